The number of carbonyl (C=O) groups is 1. The largest absolute Gasteiger partial charge is 0.481 e. The van der Waals surface area contributed by atoms with E-state index in [1.54, 1.807) is 0 Å². The molecule has 0 bridgehead atoms. The van der Waals surface area contributed by atoms with Crippen LogP contribution in [0.25, 0.3) is 0 Å². The molecule has 0 fully saturated rings. The van der Waals surface area contributed by atoms with Gasteiger partial charge in [-0.05, 0) is 62.6 Å². The maximum atomic E-state index is 12.9. The third-order valence-corrected chi connectivity index (χ3v) is 3.68. The fraction of sp³-hybridized carbons (Fsp3) is 0.316. The van der Waals surface area contributed by atoms with Crippen LogP contribution >= 0.6 is 0 Å². The van der Waals surface area contributed by atoms with Gasteiger partial charge in [0.1, 0.15) is 11.6 Å². The van der Waals surface area contributed by atoms with Crippen molar-refractivity contribution in [3.63, 3.8) is 0 Å². The Morgan fingerprint density at radius 2 is 1.70 bits per heavy atom. The van der Waals surface area contributed by atoms with Crippen LogP contribution in [0.3, 0.4) is 0 Å². The number of hydrogen-bond acceptors (Lipinski definition) is 2. The van der Waals surface area contributed by atoms with Gasteiger partial charge < -0.3 is 10.1 Å². The Morgan fingerprint density at radius 1 is 1.13 bits per heavy atom. The molecule has 0 aromatic heterocycles. The molecule has 0 aliphatic carbocycles. The SMILES string of the molecule is CC[C@H](Oc1ccc(F)cc1)C(=O)Nc1c(C)cc(C)cc1C. The topological polar surface area (TPSA) is 38.3 Å². The average molecular weight is 315 g/mol. The number of carbonyl (C=O) groups excluding carboxylic acids is 1. The molecule has 4 heteroatoms. The van der Waals surface area contributed by atoms with Crippen LogP contribution in [0.15, 0.2) is 36.4 Å². The molecule has 2 rings (SSSR count). The highest BCUT2D eigenvalue weighted by Crippen LogP contribution is 2.23. The zero-order valence-electron chi connectivity index (χ0n) is 13.9. The summed E-state index contributed by atoms with van der Waals surface area (Å²) < 4.78 is 18.6. The summed E-state index contributed by atoms with van der Waals surface area (Å²) in [6, 6.07) is 9.73. The van der Waals surface area contributed by atoms with Crippen LogP contribution in [0.4, 0.5) is 10.1 Å². The monoisotopic (exact) mass is 315 g/mol. The van der Waals surface area contributed by atoms with Gasteiger partial charge in [0.2, 0.25) is 0 Å². The average Bonchev–Trinajstić information content (AvgIpc) is 2.50. The van der Waals surface area contributed by atoms with Gasteiger partial charge in [-0.15, -0.1) is 0 Å². The van der Waals surface area contributed by atoms with Gasteiger partial charge in [0.15, 0.2) is 6.10 Å². The third kappa shape index (κ3) is 4.31. The molecule has 0 heterocycles. The van der Waals surface area contributed by atoms with Crippen LogP contribution in [0.1, 0.15) is 30.0 Å². The minimum absolute atomic E-state index is 0.202. The number of amides is 1. The van der Waals surface area contributed by atoms with Crippen LogP contribution in [0.2, 0.25) is 0 Å². The Bertz CT molecular complexity index is 672. The van der Waals surface area contributed by atoms with Crippen molar-refractivity contribution < 1.29 is 13.9 Å². The zero-order chi connectivity index (χ0) is 17.0. The van der Waals surface area contributed by atoms with Crippen molar-refractivity contribution in [2.45, 2.75) is 40.2 Å². The Morgan fingerprint density at radius 3 is 2.22 bits per heavy atom. The predicted molar refractivity (Wildman–Crippen MR) is 90.4 cm³/mol. The van der Waals surface area contributed by atoms with Crippen molar-refractivity contribution in [3.8, 4) is 5.75 Å². The summed E-state index contributed by atoms with van der Waals surface area (Å²) in [5.41, 5.74) is 4.02. The lowest BCUT2D eigenvalue weighted by Crippen LogP contribution is -2.32. The minimum atomic E-state index is -0.624. The van der Waals surface area contributed by atoms with E-state index in [-0.39, 0.29) is 11.7 Å². The van der Waals surface area contributed by atoms with E-state index in [1.165, 1.54) is 24.3 Å². The fourth-order valence-corrected chi connectivity index (χ4v) is 2.58. The maximum absolute atomic E-state index is 12.9. The van der Waals surface area contributed by atoms with Crippen molar-refractivity contribution >= 4 is 11.6 Å². The summed E-state index contributed by atoms with van der Waals surface area (Å²) in [5.74, 6) is -0.0571. The Balaban J connectivity index is 2.13. The molecule has 0 aliphatic heterocycles. The highest BCUT2D eigenvalue weighted by molar-refractivity contribution is 5.95. The molecular weight excluding hydrogens is 293 g/mol. The quantitative estimate of drug-likeness (QED) is 0.879. The number of halogens is 1. The number of ether oxygens (including phenoxy) is 1. The van der Waals surface area contributed by atoms with Crippen molar-refractivity contribution in [2.75, 3.05) is 5.32 Å². The first-order valence-electron chi connectivity index (χ1n) is 7.71. The smallest absolute Gasteiger partial charge is 0.265 e. The van der Waals surface area contributed by atoms with Gasteiger partial charge in [-0.3, -0.25) is 4.79 Å². The standard InChI is InChI=1S/C19H22FNO2/c1-5-17(23-16-8-6-15(20)7-9-16)19(22)21-18-13(3)10-12(2)11-14(18)4/h6-11,17H,5H2,1-4H3,(H,21,22)/t17-/m0/s1. The Labute approximate surface area is 136 Å². The van der Waals surface area contributed by atoms with E-state index in [2.05, 4.69) is 5.32 Å². The zero-order valence-corrected chi connectivity index (χ0v) is 13.9. The van der Waals surface area contributed by atoms with Gasteiger partial charge in [-0.2, -0.15) is 0 Å². The van der Waals surface area contributed by atoms with E-state index in [1.807, 2.05) is 39.8 Å². The summed E-state index contributed by atoms with van der Waals surface area (Å²) in [4.78, 5) is 12.5. The molecule has 0 unspecified atom stereocenters. The van der Waals surface area contributed by atoms with E-state index in [0.29, 0.717) is 12.2 Å². The molecule has 0 radical (unpaired) electrons. The summed E-state index contributed by atoms with van der Waals surface area (Å²) >= 11 is 0. The molecule has 2 aromatic rings. The number of hydrogen-bond donors (Lipinski definition) is 1. The van der Waals surface area contributed by atoms with E-state index >= 15 is 0 Å². The van der Waals surface area contributed by atoms with Gasteiger partial charge in [-0.25, -0.2) is 4.39 Å². The van der Waals surface area contributed by atoms with Crippen LogP contribution < -0.4 is 10.1 Å². The van der Waals surface area contributed by atoms with Gasteiger partial charge >= 0.3 is 0 Å². The number of anilines is 1. The molecular formula is C19H22FNO2. The molecule has 1 atom stereocenters. The fourth-order valence-electron chi connectivity index (χ4n) is 2.58. The lowest BCUT2D eigenvalue weighted by atomic mass is 10.0. The second kappa shape index (κ2) is 7.27. The molecule has 0 saturated heterocycles. The van der Waals surface area contributed by atoms with Crippen LogP contribution in [0.5, 0.6) is 5.75 Å². The molecule has 0 aliphatic rings. The summed E-state index contributed by atoms with van der Waals surface area (Å²) in [6.45, 7) is 7.84. The summed E-state index contributed by atoms with van der Waals surface area (Å²) in [7, 11) is 0. The molecule has 3 nitrogen and oxygen atoms in total. The maximum Gasteiger partial charge on any atom is 0.265 e. The van der Waals surface area contributed by atoms with Crippen molar-refractivity contribution in [1.82, 2.24) is 0 Å². The first-order valence-corrected chi connectivity index (χ1v) is 7.71. The van der Waals surface area contributed by atoms with E-state index in [0.717, 1.165) is 22.4 Å². The molecule has 2 aromatic carbocycles. The van der Waals surface area contributed by atoms with Crippen LogP contribution in [0, 0.1) is 26.6 Å². The summed E-state index contributed by atoms with van der Waals surface area (Å²) in [5, 5.41) is 2.95. The molecule has 0 spiro atoms. The number of nitrogens with one attached hydrogen (secondary N) is 1. The van der Waals surface area contributed by atoms with Crippen molar-refractivity contribution in [3.05, 3.63) is 58.9 Å². The van der Waals surface area contributed by atoms with Gasteiger partial charge in [0.25, 0.3) is 5.91 Å². The number of benzene rings is 2. The second-order valence-corrected chi connectivity index (χ2v) is 5.73. The molecule has 0 saturated carbocycles. The molecule has 23 heavy (non-hydrogen) atoms. The van der Waals surface area contributed by atoms with Crippen molar-refractivity contribution in [2.24, 2.45) is 0 Å². The lowest BCUT2D eigenvalue weighted by molar-refractivity contribution is -0.122. The van der Waals surface area contributed by atoms with Crippen LogP contribution in [-0.2, 0) is 4.79 Å². The molecule has 122 valence electrons. The van der Waals surface area contributed by atoms with Gasteiger partial charge in [0.05, 0.1) is 0 Å². The molecule has 1 amide bonds. The van der Waals surface area contributed by atoms with E-state index < -0.39 is 6.10 Å². The van der Waals surface area contributed by atoms with Gasteiger partial charge in [-0.1, -0.05) is 24.6 Å². The molecule has 1 N–H and O–H groups in total. The Kier molecular flexibility index (Phi) is 5.37. The van der Waals surface area contributed by atoms with E-state index in [9.17, 15) is 9.18 Å². The van der Waals surface area contributed by atoms with Crippen molar-refractivity contribution in [1.29, 1.82) is 0 Å². The highest BCUT2D eigenvalue weighted by Gasteiger charge is 2.20. The third-order valence-electron chi connectivity index (χ3n) is 3.68. The predicted octanol–water partition coefficient (Wildman–Crippen LogP) is 4.55. The highest BCUT2D eigenvalue weighted by atomic mass is 19.1. The lowest BCUT2D eigenvalue weighted by Gasteiger charge is -2.19. The Hall–Kier alpha value is -2.36. The number of rotatable bonds is 5. The second-order valence-electron chi connectivity index (χ2n) is 5.73. The normalized spacial score (nSPS) is 11.9. The van der Waals surface area contributed by atoms with E-state index in [4.69, 9.17) is 4.74 Å². The minimum Gasteiger partial charge on any atom is -0.481 e. The first kappa shape index (κ1) is 17.0. The van der Waals surface area contributed by atoms with Gasteiger partial charge in [0, 0.05) is 5.69 Å². The first-order chi connectivity index (χ1) is 10.9. The van der Waals surface area contributed by atoms with Crippen LogP contribution in [-0.4, -0.2) is 12.0 Å². The number of aryl methyl sites for hydroxylation is 3. The summed E-state index contributed by atoms with van der Waals surface area (Å²) in [6.07, 6.45) is -0.103.